The van der Waals surface area contributed by atoms with Crippen molar-refractivity contribution in [1.82, 2.24) is 0 Å². The van der Waals surface area contributed by atoms with Crippen LogP contribution in [0.25, 0.3) is 0 Å². The maximum atomic E-state index is 13.2. The standard InChI is InChI=1S/C23H19FN2O3/c1-28-20-12-11-18(13-21(20)29-2)26-14-16-5-3-4-6-19(16)22(26)25-23(27)15-7-9-17(24)10-8-15/h3-13H,14H2,1-2H3. The Bertz CT molecular complexity index is 1090. The lowest BCUT2D eigenvalue weighted by atomic mass is 10.1. The predicted molar refractivity (Wildman–Crippen MR) is 109 cm³/mol. The summed E-state index contributed by atoms with van der Waals surface area (Å²) in [7, 11) is 3.16. The summed E-state index contributed by atoms with van der Waals surface area (Å²) in [4.78, 5) is 19.1. The van der Waals surface area contributed by atoms with Crippen molar-refractivity contribution >= 4 is 17.4 Å². The zero-order valence-electron chi connectivity index (χ0n) is 16.1. The van der Waals surface area contributed by atoms with E-state index >= 15 is 0 Å². The van der Waals surface area contributed by atoms with Crippen molar-refractivity contribution in [3.8, 4) is 11.5 Å². The first-order chi connectivity index (χ1) is 14.1. The van der Waals surface area contributed by atoms with Crippen LogP contribution < -0.4 is 14.4 Å². The first kappa shape index (κ1) is 18.7. The van der Waals surface area contributed by atoms with Crippen molar-refractivity contribution in [3.05, 3.63) is 89.2 Å². The second-order valence-electron chi connectivity index (χ2n) is 6.53. The number of aliphatic imine (C=N–C) groups is 1. The van der Waals surface area contributed by atoms with Gasteiger partial charge >= 0.3 is 0 Å². The Labute approximate surface area is 168 Å². The van der Waals surface area contributed by atoms with Gasteiger partial charge in [-0.05, 0) is 42.0 Å². The zero-order chi connectivity index (χ0) is 20.4. The quantitative estimate of drug-likeness (QED) is 0.660. The number of halogens is 1. The maximum absolute atomic E-state index is 13.2. The first-order valence-corrected chi connectivity index (χ1v) is 9.07. The molecule has 3 aromatic carbocycles. The molecule has 0 aliphatic carbocycles. The number of amides is 1. The van der Waals surface area contributed by atoms with Gasteiger partial charge < -0.3 is 14.4 Å². The number of carbonyl (C=O) groups is 1. The van der Waals surface area contributed by atoms with E-state index in [2.05, 4.69) is 4.99 Å². The van der Waals surface area contributed by atoms with E-state index in [0.29, 0.717) is 29.4 Å². The van der Waals surface area contributed by atoms with Gasteiger partial charge in [0, 0.05) is 22.9 Å². The molecular weight excluding hydrogens is 371 g/mol. The van der Waals surface area contributed by atoms with Crippen LogP contribution in [0, 0.1) is 5.82 Å². The lowest BCUT2D eigenvalue weighted by molar-refractivity contribution is 0.100. The predicted octanol–water partition coefficient (Wildman–Crippen LogP) is 4.45. The molecule has 29 heavy (non-hydrogen) atoms. The summed E-state index contributed by atoms with van der Waals surface area (Å²) in [5, 5.41) is 0. The van der Waals surface area contributed by atoms with Gasteiger partial charge in [-0.15, -0.1) is 0 Å². The highest BCUT2D eigenvalue weighted by Crippen LogP contribution is 2.35. The fourth-order valence-electron chi connectivity index (χ4n) is 3.35. The Morgan fingerprint density at radius 2 is 1.69 bits per heavy atom. The molecule has 1 aliphatic rings. The van der Waals surface area contributed by atoms with Crippen molar-refractivity contribution in [3.63, 3.8) is 0 Å². The fraction of sp³-hybridized carbons (Fsp3) is 0.130. The van der Waals surface area contributed by atoms with Gasteiger partial charge in [0.1, 0.15) is 11.7 Å². The highest BCUT2D eigenvalue weighted by atomic mass is 19.1. The summed E-state index contributed by atoms with van der Waals surface area (Å²) in [5.41, 5.74) is 3.10. The van der Waals surface area contributed by atoms with Gasteiger partial charge in [0.15, 0.2) is 11.5 Å². The van der Waals surface area contributed by atoms with Crippen LogP contribution in [0.3, 0.4) is 0 Å². The number of hydrogen-bond acceptors (Lipinski definition) is 3. The Morgan fingerprint density at radius 3 is 2.41 bits per heavy atom. The van der Waals surface area contributed by atoms with Gasteiger partial charge in [0.2, 0.25) is 0 Å². The molecule has 1 aliphatic heterocycles. The fourth-order valence-corrected chi connectivity index (χ4v) is 3.35. The van der Waals surface area contributed by atoms with Gasteiger partial charge in [-0.1, -0.05) is 24.3 Å². The molecule has 0 spiro atoms. The molecule has 5 nitrogen and oxygen atoms in total. The number of fused-ring (bicyclic) bond motifs is 1. The van der Waals surface area contributed by atoms with Gasteiger partial charge in [-0.3, -0.25) is 4.79 Å². The molecule has 3 aromatic rings. The van der Waals surface area contributed by atoms with Crippen LogP contribution in [0.5, 0.6) is 11.5 Å². The van der Waals surface area contributed by atoms with E-state index in [1.165, 1.54) is 24.3 Å². The molecule has 0 unspecified atom stereocenters. The molecule has 146 valence electrons. The Hall–Kier alpha value is -3.67. The summed E-state index contributed by atoms with van der Waals surface area (Å²) in [6, 6.07) is 18.7. The van der Waals surface area contributed by atoms with Gasteiger partial charge in [-0.2, -0.15) is 4.99 Å². The molecule has 6 heteroatoms. The largest absolute Gasteiger partial charge is 0.493 e. The SMILES string of the molecule is COc1ccc(N2Cc3ccccc3C2=NC(=O)c2ccc(F)cc2)cc1OC. The normalized spacial score (nSPS) is 14.0. The highest BCUT2D eigenvalue weighted by molar-refractivity contribution is 6.18. The van der Waals surface area contributed by atoms with Crippen molar-refractivity contribution in [2.75, 3.05) is 19.1 Å². The number of rotatable bonds is 4. The van der Waals surface area contributed by atoms with E-state index in [1.807, 2.05) is 47.4 Å². The van der Waals surface area contributed by atoms with Gasteiger partial charge in [0.05, 0.1) is 20.8 Å². The lowest BCUT2D eigenvalue weighted by Gasteiger charge is -2.20. The van der Waals surface area contributed by atoms with Crippen LogP contribution in [0.1, 0.15) is 21.5 Å². The summed E-state index contributed by atoms with van der Waals surface area (Å²) in [6.07, 6.45) is 0. The van der Waals surface area contributed by atoms with Crippen molar-refractivity contribution in [2.45, 2.75) is 6.54 Å². The van der Waals surface area contributed by atoms with Crippen LogP contribution in [0.4, 0.5) is 10.1 Å². The molecular formula is C23H19FN2O3. The molecule has 0 bridgehead atoms. The number of nitrogens with zero attached hydrogens (tertiary/aromatic N) is 2. The molecule has 4 rings (SSSR count). The summed E-state index contributed by atoms with van der Waals surface area (Å²) in [6.45, 7) is 0.571. The lowest BCUT2D eigenvalue weighted by Crippen LogP contribution is -2.25. The Balaban J connectivity index is 1.77. The Kier molecular flexibility index (Phi) is 4.99. The summed E-state index contributed by atoms with van der Waals surface area (Å²) in [5.74, 6) is 0.927. The van der Waals surface area contributed by atoms with Crippen LogP contribution in [0.15, 0.2) is 71.7 Å². The third kappa shape index (κ3) is 3.57. The number of amidine groups is 1. The molecule has 1 heterocycles. The third-order valence-corrected chi connectivity index (χ3v) is 4.82. The van der Waals surface area contributed by atoms with Crippen molar-refractivity contribution < 1.29 is 18.7 Å². The molecule has 0 atom stereocenters. The Morgan fingerprint density at radius 1 is 0.966 bits per heavy atom. The van der Waals surface area contributed by atoms with E-state index in [0.717, 1.165) is 16.8 Å². The number of benzene rings is 3. The van der Waals surface area contributed by atoms with Gasteiger partial charge in [-0.25, -0.2) is 4.39 Å². The average molecular weight is 390 g/mol. The number of methoxy groups -OCH3 is 2. The van der Waals surface area contributed by atoms with E-state index in [9.17, 15) is 9.18 Å². The minimum absolute atomic E-state index is 0.329. The van der Waals surface area contributed by atoms with E-state index in [-0.39, 0.29) is 0 Å². The average Bonchev–Trinajstić information content (AvgIpc) is 3.12. The van der Waals surface area contributed by atoms with Crippen LogP contribution in [-0.2, 0) is 6.54 Å². The highest BCUT2D eigenvalue weighted by Gasteiger charge is 2.28. The number of carbonyl (C=O) groups excluding carboxylic acids is 1. The monoisotopic (exact) mass is 390 g/mol. The maximum Gasteiger partial charge on any atom is 0.278 e. The third-order valence-electron chi connectivity index (χ3n) is 4.82. The molecule has 1 amide bonds. The topological polar surface area (TPSA) is 51.1 Å². The minimum atomic E-state index is -0.429. The summed E-state index contributed by atoms with van der Waals surface area (Å²) >= 11 is 0. The molecule has 0 saturated heterocycles. The van der Waals surface area contributed by atoms with Crippen LogP contribution in [0.2, 0.25) is 0 Å². The molecule has 0 saturated carbocycles. The van der Waals surface area contributed by atoms with Crippen LogP contribution >= 0.6 is 0 Å². The molecule has 0 fully saturated rings. The molecule has 0 aromatic heterocycles. The van der Waals surface area contributed by atoms with Gasteiger partial charge in [0.25, 0.3) is 5.91 Å². The minimum Gasteiger partial charge on any atom is -0.493 e. The van der Waals surface area contributed by atoms with E-state index in [4.69, 9.17) is 9.47 Å². The summed E-state index contributed by atoms with van der Waals surface area (Å²) < 4.78 is 23.9. The second kappa shape index (κ2) is 7.75. The molecule has 0 N–H and O–H groups in total. The first-order valence-electron chi connectivity index (χ1n) is 9.07. The number of anilines is 1. The molecule has 0 radical (unpaired) electrons. The van der Waals surface area contributed by atoms with Crippen molar-refractivity contribution in [2.24, 2.45) is 4.99 Å². The number of ether oxygens (including phenoxy) is 2. The van der Waals surface area contributed by atoms with E-state index < -0.39 is 11.7 Å². The van der Waals surface area contributed by atoms with E-state index in [1.54, 1.807) is 14.2 Å². The second-order valence-corrected chi connectivity index (χ2v) is 6.53. The van der Waals surface area contributed by atoms with Crippen molar-refractivity contribution in [1.29, 1.82) is 0 Å². The zero-order valence-corrected chi connectivity index (χ0v) is 16.1. The smallest absolute Gasteiger partial charge is 0.278 e. The van der Waals surface area contributed by atoms with Crippen LogP contribution in [-0.4, -0.2) is 26.0 Å². The number of hydrogen-bond donors (Lipinski definition) is 0.